The van der Waals surface area contributed by atoms with E-state index in [4.69, 9.17) is 4.74 Å². The van der Waals surface area contributed by atoms with E-state index in [1.54, 1.807) is 10.9 Å². The number of fused-ring (bicyclic) bond motifs is 2. The number of ether oxygens (including phenoxy) is 1. The van der Waals surface area contributed by atoms with Gasteiger partial charge in [0, 0.05) is 48.6 Å². The number of aromatic hydroxyl groups is 1. The molecular weight excluding hydrogens is 500 g/mol. The summed E-state index contributed by atoms with van der Waals surface area (Å²) >= 11 is 1.84. The molecule has 1 N–H and O–H groups in total. The van der Waals surface area contributed by atoms with Gasteiger partial charge in [0.15, 0.2) is 11.4 Å². The van der Waals surface area contributed by atoms with Crippen LogP contribution in [0.15, 0.2) is 69.5 Å². The largest absolute Gasteiger partial charge is 0.502 e. The van der Waals surface area contributed by atoms with Crippen molar-refractivity contribution in [2.24, 2.45) is 5.92 Å². The maximum absolute atomic E-state index is 13.9. The van der Waals surface area contributed by atoms with Crippen molar-refractivity contribution in [2.45, 2.75) is 37.2 Å². The highest BCUT2D eigenvalue weighted by Gasteiger charge is 2.42. The molecule has 4 aliphatic rings. The first-order valence-corrected chi connectivity index (χ1v) is 14.4. The highest BCUT2D eigenvalue weighted by Crippen LogP contribution is 2.46. The first-order chi connectivity index (χ1) is 18.4. The fourth-order valence-corrected chi connectivity index (χ4v) is 7.26. The third-order valence-electron chi connectivity index (χ3n) is 8.15. The second-order valence-electron chi connectivity index (χ2n) is 10.6. The smallest absolute Gasteiger partial charge is 0.278 e. The van der Waals surface area contributed by atoms with Gasteiger partial charge in [0.2, 0.25) is 5.43 Å². The van der Waals surface area contributed by atoms with Crippen LogP contribution in [0.5, 0.6) is 5.75 Å². The predicted molar refractivity (Wildman–Crippen MR) is 148 cm³/mol. The second-order valence-corrected chi connectivity index (χ2v) is 11.6. The summed E-state index contributed by atoms with van der Waals surface area (Å²) in [4.78, 5) is 31.8. The van der Waals surface area contributed by atoms with Gasteiger partial charge in [-0.2, -0.15) is 0 Å². The number of carbonyl (C=O) groups is 1. The van der Waals surface area contributed by atoms with E-state index >= 15 is 0 Å². The van der Waals surface area contributed by atoms with E-state index in [0.29, 0.717) is 32.3 Å². The number of allylic oxidation sites excluding steroid dienone is 2. The number of nitrogens with zero attached hydrogens (tertiary/aromatic N) is 4. The lowest BCUT2D eigenvalue weighted by Gasteiger charge is -2.48. The molecule has 38 heavy (non-hydrogen) atoms. The van der Waals surface area contributed by atoms with Gasteiger partial charge in [-0.3, -0.25) is 24.2 Å². The van der Waals surface area contributed by atoms with E-state index in [0.717, 1.165) is 25.3 Å². The van der Waals surface area contributed by atoms with Crippen molar-refractivity contribution in [1.82, 2.24) is 14.5 Å². The number of carbonyl (C=O) groups excluding carboxylic acids is 1. The fourth-order valence-electron chi connectivity index (χ4n) is 6.17. The summed E-state index contributed by atoms with van der Waals surface area (Å²) < 4.78 is 7.24. The summed E-state index contributed by atoms with van der Waals surface area (Å²) in [7, 11) is 0. The maximum Gasteiger partial charge on any atom is 0.278 e. The zero-order chi connectivity index (χ0) is 26.4. The molecular formula is C29H34N4O4S. The molecule has 8 nitrogen and oxygen atoms in total. The van der Waals surface area contributed by atoms with Crippen molar-refractivity contribution in [3.8, 4) is 5.75 Å². The third-order valence-corrected chi connectivity index (χ3v) is 9.29. The van der Waals surface area contributed by atoms with Crippen LogP contribution in [0.25, 0.3) is 0 Å². The second kappa shape index (κ2) is 10.3. The van der Waals surface area contributed by atoms with Crippen LogP contribution in [0.2, 0.25) is 0 Å². The van der Waals surface area contributed by atoms with E-state index < -0.39 is 11.2 Å². The number of amides is 1. The zero-order valence-corrected chi connectivity index (χ0v) is 22.7. The summed E-state index contributed by atoms with van der Waals surface area (Å²) in [5.41, 5.74) is 3.32. The first-order valence-electron chi connectivity index (χ1n) is 13.4. The molecule has 1 saturated heterocycles. The molecule has 0 radical (unpaired) electrons. The lowest BCUT2D eigenvalue weighted by molar-refractivity contribution is 0.0209. The van der Waals surface area contributed by atoms with E-state index in [9.17, 15) is 14.7 Å². The molecule has 3 aliphatic heterocycles. The zero-order valence-electron chi connectivity index (χ0n) is 21.9. The molecule has 0 spiro atoms. The number of rotatable bonds is 4. The van der Waals surface area contributed by atoms with Crippen molar-refractivity contribution in [3.05, 3.63) is 81.3 Å². The predicted octanol–water partition coefficient (Wildman–Crippen LogP) is 3.37. The molecule has 3 atom stereocenters. The van der Waals surface area contributed by atoms with E-state index in [-0.39, 0.29) is 23.7 Å². The Balaban J connectivity index is 1.49. The van der Waals surface area contributed by atoms with Gasteiger partial charge in [-0.1, -0.05) is 37.3 Å². The van der Waals surface area contributed by atoms with Gasteiger partial charge in [0.25, 0.3) is 5.91 Å². The van der Waals surface area contributed by atoms with Gasteiger partial charge in [-0.05, 0) is 42.0 Å². The Labute approximate surface area is 227 Å². The Bertz CT molecular complexity index is 1360. The van der Waals surface area contributed by atoms with Crippen molar-refractivity contribution in [1.29, 1.82) is 0 Å². The van der Waals surface area contributed by atoms with E-state index in [1.807, 2.05) is 23.6 Å². The van der Waals surface area contributed by atoms with Crippen LogP contribution < -0.4 is 10.4 Å². The molecule has 4 heterocycles. The van der Waals surface area contributed by atoms with Crippen molar-refractivity contribution >= 4 is 17.7 Å². The molecule has 0 saturated carbocycles. The summed E-state index contributed by atoms with van der Waals surface area (Å²) in [6.45, 7) is 8.38. The van der Waals surface area contributed by atoms with Crippen LogP contribution in [0.4, 0.5) is 0 Å². The monoisotopic (exact) mass is 534 g/mol. The minimum absolute atomic E-state index is 0.0353. The number of aromatic nitrogens is 1. The number of morpholine rings is 1. The molecule has 1 amide bonds. The van der Waals surface area contributed by atoms with Crippen LogP contribution in [0.3, 0.4) is 0 Å². The van der Waals surface area contributed by atoms with E-state index in [1.165, 1.54) is 27.7 Å². The summed E-state index contributed by atoms with van der Waals surface area (Å²) in [5, 5.41) is 13.1. The highest BCUT2D eigenvalue weighted by molar-refractivity contribution is 7.99. The normalized spacial score (nSPS) is 24.5. The van der Waals surface area contributed by atoms with Crippen molar-refractivity contribution < 1.29 is 14.6 Å². The maximum atomic E-state index is 13.9. The molecule has 0 bridgehead atoms. The topological polar surface area (TPSA) is 78.2 Å². The average molecular weight is 535 g/mol. The van der Waals surface area contributed by atoms with Gasteiger partial charge >= 0.3 is 0 Å². The number of benzene rings is 1. The van der Waals surface area contributed by atoms with Crippen LogP contribution in [-0.4, -0.2) is 76.8 Å². The third kappa shape index (κ3) is 4.36. The molecule has 3 unspecified atom stereocenters. The van der Waals surface area contributed by atoms with Crippen LogP contribution in [0.1, 0.15) is 42.4 Å². The number of hydrogen-bond acceptors (Lipinski definition) is 7. The Morgan fingerprint density at radius 3 is 2.76 bits per heavy atom. The number of pyridine rings is 1. The highest BCUT2D eigenvalue weighted by atomic mass is 32.2. The van der Waals surface area contributed by atoms with Crippen molar-refractivity contribution in [3.63, 3.8) is 0 Å². The molecule has 200 valence electrons. The standard InChI is InChI=1S/C29H34N4O4S/c1-19-6-5-7-21-17-38-24-9-4-3-8-22(24)26(25(19)21)33-18-31(20(2)16-30-12-14-37-15-13-30)29(36)27-28(35)23(34)10-11-32(27)33/h3-5,7-11,19-20,26,35H,6,12-18H2,1-2H3. The summed E-state index contributed by atoms with van der Waals surface area (Å²) in [6.07, 6.45) is 7.10. The minimum atomic E-state index is -0.544. The summed E-state index contributed by atoms with van der Waals surface area (Å²) in [5.74, 6) is 0.391. The minimum Gasteiger partial charge on any atom is -0.502 e. The Morgan fingerprint density at radius 2 is 1.95 bits per heavy atom. The van der Waals surface area contributed by atoms with Gasteiger partial charge in [0.1, 0.15) is 6.67 Å². The summed E-state index contributed by atoms with van der Waals surface area (Å²) in [6, 6.07) is 9.55. The molecule has 6 rings (SSSR count). The van der Waals surface area contributed by atoms with Crippen LogP contribution in [0, 0.1) is 5.92 Å². The molecule has 1 aromatic heterocycles. The Morgan fingerprint density at radius 1 is 1.16 bits per heavy atom. The molecule has 1 aromatic carbocycles. The first kappa shape index (κ1) is 25.3. The quantitative estimate of drug-likeness (QED) is 0.645. The average Bonchev–Trinajstić information content (AvgIpc) is 3.09. The Kier molecular flexibility index (Phi) is 6.84. The Hall–Kier alpha value is -3.01. The lowest BCUT2D eigenvalue weighted by Crippen LogP contribution is -2.60. The molecule has 1 fully saturated rings. The van der Waals surface area contributed by atoms with Gasteiger partial charge in [0.05, 0.1) is 19.3 Å². The van der Waals surface area contributed by atoms with Crippen LogP contribution >= 0.6 is 11.8 Å². The van der Waals surface area contributed by atoms with E-state index in [2.05, 4.69) is 53.3 Å². The van der Waals surface area contributed by atoms with Crippen LogP contribution in [-0.2, 0) is 4.74 Å². The molecule has 2 aromatic rings. The molecule has 1 aliphatic carbocycles. The fraction of sp³-hybridized carbons (Fsp3) is 0.448. The van der Waals surface area contributed by atoms with Gasteiger partial charge in [-0.25, -0.2) is 0 Å². The van der Waals surface area contributed by atoms with Crippen molar-refractivity contribution in [2.75, 3.05) is 50.3 Å². The molecule has 9 heteroatoms. The number of hydrogen-bond donors (Lipinski definition) is 1. The number of thioether (sulfide) groups is 1. The van der Waals surface area contributed by atoms with Gasteiger partial charge < -0.3 is 14.7 Å². The van der Waals surface area contributed by atoms with Gasteiger partial charge in [-0.15, -0.1) is 11.8 Å². The lowest BCUT2D eigenvalue weighted by atomic mass is 9.81. The SMILES string of the molecule is CC1CC=CC2=C1C(N1CN(C(C)CN3CCOCC3)C(=O)c3c(O)c(=O)ccn31)c1ccccc1SC2.